The molecule has 1 heterocycles. The lowest BCUT2D eigenvalue weighted by atomic mass is 10.3. The van der Waals surface area contributed by atoms with Gasteiger partial charge in [-0.2, -0.15) is 0 Å². The van der Waals surface area contributed by atoms with Gasteiger partial charge in [0.05, 0.1) is 13.5 Å². The molecule has 0 spiro atoms. The zero-order chi connectivity index (χ0) is 11.1. The molecule has 1 aromatic rings. The number of aromatic nitrogens is 1. The van der Waals surface area contributed by atoms with Crippen molar-refractivity contribution >= 4 is 17.7 Å². The van der Waals surface area contributed by atoms with E-state index in [-0.39, 0.29) is 5.97 Å². The molecule has 0 saturated carbocycles. The van der Waals surface area contributed by atoms with Gasteiger partial charge >= 0.3 is 5.97 Å². The van der Waals surface area contributed by atoms with Crippen LogP contribution in [0.3, 0.4) is 0 Å². The number of carbonyl (C=O) groups excluding carboxylic acids is 1. The number of methoxy groups -OCH3 is 1. The van der Waals surface area contributed by atoms with E-state index in [9.17, 15) is 4.79 Å². The summed E-state index contributed by atoms with van der Waals surface area (Å²) in [4.78, 5) is 15.1. The highest BCUT2D eigenvalue weighted by molar-refractivity contribution is 7.99. The van der Waals surface area contributed by atoms with Crippen molar-refractivity contribution in [1.82, 2.24) is 4.98 Å². The van der Waals surface area contributed by atoms with Crippen molar-refractivity contribution < 1.29 is 9.53 Å². The molecule has 0 aliphatic heterocycles. The molecule has 0 radical (unpaired) electrons. The highest BCUT2D eigenvalue weighted by atomic mass is 32.2. The van der Waals surface area contributed by atoms with Crippen molar-refractivity contribution in [1.29, 1.82) is 0 Å². The third-order valence-electron chi connectivity index (χ3n) is 1.84. The molecule has 0 aliphatic rings. The molecule has 0 aliphatic carbocycles. The zero-order valence-corrected chi connectivity index (χ0v) is 9.42. The van der Waals surface area contributed by atoms with E-state index in [2.05, 4.69) is 9.72 Å². The van der Waals surface area contributed by atoms with Crippen molar-refractivity contribution in [3.8, 4) is 0 Å². The largest absolute Gasteiger partial charge is 0.469 e. The summed E-state index contributed by atoms with van der Waals surface area (Å²) in [6.07, 6.45) is 2.11. The summed E-state index contributed by atoms with van der Waals surface area (Å²) in [5.74, 6) is 0.462. The summed E-state index contributed by atoms with van der Waals surface area (Å²) in [5, 5.41) is 0.893. The normalized spacial score (nSPS) is 10.0. The molecular weight excluding hydrogens is 212 g/mol. The number of pyridine rings is 1. The monoisotopic (exact) mass is 226 g/mol. The van der Waals surface area contributed by atoms with Gasteiger partial charge in [0, 0.05) is 18.5 Å². The fraction of sp³-hybridized carbons (Fsp3) is 0.400. The molecule has 2 N–H and O–H groups in total. The molecule has 0 atom stereocenters. The standard InChI is InChI=1S/C10H14N2O2S/c1-14-9(13)4-6-15-10-8(7-11)3-2-5-12-10/h2-3,5H,4,6-7,11H2,1H3. The predicted octanol–water partition coefficient (Wildman–Crippen LogP) is 1.20. The molecule has 0 fully saturated rings. The number of ether oxygens (including phenoxy) is 1. The van der Waals surface area contributed by atoms with Crippen LogP contribution in [0.5, 0.6) is 0 Å². The van der Waals surface area contributed by atoms with E-state index in [1.165, 1.54) is 18.9 Å². The van der Waals surface area contributed by atoms with Crippen LogP contribution in [0.1, 0.15) is 12.0 Å². The topological polar surface area (TPSA) is 65.2 Å². The Kier molecular flexibility index (Phi) is 5.14. The first-order chi connectivity index (χ1) is 7.27. The van der Waals surface area contributed by atoms with Crippen LogP contribution in [-0.4, -0.2) is 23.8 Å². The Balaban J connectivity index is 2.46. The van der Waals surface area contributed by atoms with Gasteiger partial charge in [0.1, 0.15) is 5.03 Å². The lowest BCUT2D eigenvalue weighted by Crippen LogP contribution is -2.03. The summed E-state index contributed by atoms with van der Waals surface area (Å²) in [6.45, 7) is 0.467. The summed E-state index contributed by atoms with van der Waals surface area (Å²) in [6, 6.07) is 3.79. The van der Waals surface area contributed by atoms with Gasteiger partial charge in [-0.15, -0.1) is 11.8 Å². The second-order valence-electron chi connectivity index (χ2n) is 2.85. The molecule has 15 heavy (non-hydrogen) atoms. The zero-order valence-electron chi connectivity index (χ0n) is 8.60. The smallest absolute Gasteiger partial charge is 0.306 e. The first kappa shape index (κ1) is 12.0. The number of nitrogens with zero attached hydrogens (tertiary/aromatic N) is 1. The van der Waals surface area contributed by atoms with Crippen LogP contribution in [0.4, 0.5) is 0 Å². The SMILES string of the molecule is COC(=O)CCSc1ncccc1CN. The Hall–Kier alpha value is -1.07. The quantitative estimate of drug-likeness (QED) is 0.603. The van der Waals surface area contributed by atoms with Crippen molar-refractivity contribution in [3.63, 3.8) is 0 Å². The summed E-state index contributed by atoms with van der Waals surface area (Å²) >= 11 is 1.52. The minimum atomic E-state index is -0.201. The predicted molar refractivity (Wildman–Crippen MR) is 59.5 cm³/mol. The maximum atomic E-state index is 10.9. The average molecular weight is 226 g/mol. The Morgan fingerprint density at radius 2 is 2.47 bits per heavy atom. The Bertz CT molecular complexity index is 331. The highest BCUT2D eigenvalue weighted by Crippen LogP contribution is 2.20. The van der Waals surface area contributed by atoms with E-state index in [0.717, 1.165) is 10.6 Å². The van der Waals surface area contributed by atoms with Gasteiger partial charge in [0.2, 0.25) is 0 Å². The maximum absolute atomic E-state index is 10.9. The second-order valence-corrected chi connectivity index (χ2v) is 3.93. The highest BCUT2D eigenvalue weighted by Gasteiger charge is 2.04. The molecule has 0 aromatic carbocycles. The third-order valence-corrected chi connectivity index (χ3v) is 2.89. The number of nitrogens with two attached hydrogens (primary N) is 1. The van der Waals surface area contributed by atoms with Crippen molar-refractivity contribution in [2.24, 2.45) is 5.73 Å². The van der Waals surface area contributed by atoms with E-state index in [4.69, 9.17) is 5.73 Å². The van der Waals surface area contributed by atoms with Crippen LogP contribution >= 0.6 is 11.8 Å². The van der Waals surface area contributed by atoms with Crippen LogP contribution in [0.25, 0.3) is 0 Å². The molecule has 0 saturated heterocycles. The van der Waals surface area contributed by atoms with E-state index in [1.807, 2.05) is 12.1 Å². The molecule has 82 valence electrons. The van der Waals surface area contributed by atoms with Gasteiger partial charge in [-0.3, -0.25) is 4.79 Å². The Morgan fingerprint density at radius 1 is 1.67 bits per heavy atom. The van der Waals surface area contributed by atoms with Gasteiger partial charge in [0.15, 0.2) is 0 Å². The first-order valence-corrected chi connectivity index (χ1v) is 5.60. The fourth-order valence-corrected chi connectivity index (χ4v) is 1.98. The molecule has 1 aromatic heterocycles. The van der Waals surface area contributed by atoms with Crippen LogP contribution in [0.15, 0.2) is 23.4 Å². The second kappa shape index (κ2) is 6.42. The van der Waals surface area contributed by atoms with Crippen molar-refractivity contribution in [3.05, 3.63) is 23.9 Å². The van der Waals surface area contributed by atoms with E-state index >= 15 is 0 Å². The molecule has 0 bridgehead atoms. The molecule has 5 heteroatoms. The van der Waals surface area contributed by atoms with Crippen molar-refractivity contribution in [2.45, 2.75) is 18.0 Å². The lowest BCUT2D eigenvalue weighted by molar-refractivity contribution is -0.140. The van der Waals surface area contributed by atoms with Gasteiger partial charge in [0.25, 0.3) is 0 Å². The number of thioether (sulfide) groups is 1. The molecular formula is C10H14N2O2S. The lowest BCUT2D eigenvalue weighted by Gasteiger charge is -2.04. The first-order valence-electron chi connectivity index (χ1n) is 4.61. The number of carbonyl (C=O) groups is 1. The maximum Gasteiger partial charge on any atom is 0.306 e. The third kappa shape index (κ3) is 3.89. The van der Waals surface area contributed by atoms with E-state index in [0.29, 0.717) is 18.7 Å². The molecule has 0 amide bonds. The minimum absolute atomic E-state index is 0.201. The minimum Gasteiger partial charge on any atom is -0.469 e. The molecule has 4 nitrogen and oxygen atoms in total. The number of hydrogen-bond donors (Lipinski definition) is 1. The Morgan fingerprint density at radius 3 is 3.13 bits per heavy atom. The van der Waals surface area contributed by atoms with Crippen molar-refractivity contribution in [2.75, 3.05) is 12.9 Å². The number of esters is 1. The molecule has 0 unspecified atom stereocenters. The molecule has 1 rings (SSSR count). The van der Waals surface area contributed by atoms with Crippen LogP contribution in [0.2, 0.25) is 0 Å². The van der Waals surface area contributed by atoms with Crippen LogP contribution in [0, 0.1) is 0 Å². The van der Waals surface area contributed by atoms with Gasteiger partial charge < -0.3 is 10.5 Å². The van der Waals surface area contributed by atoms with Gasteiger partial charge in [-0.25, -0.2) is 4.98 Å². The van der Waals surface area contributed by atoms with Crippen LogP contribution in [-0.2, 0) is 16.1 Å². The number of hydrogen-bond acceptors (Lipinski definition) is 5. The van der Waals surface area contributed by atoms with Gasteiger partial charge in [-0.1, -0.05) is 6.07 Å². The van der Waals surface area contributed by atoms with E-state index < -0.39 is 0 Å². The average Bonchev–Trinajstić information content (AvgIpc) is 2.29. The Labute approximate surface area is 93.2 Å². The number of rotatable bonds is 5. The van der Waals surface area contributed by atoms with Gasteiger partial charge in [-0.05, 0) is 11.6 Å². The summed E-state index contributed by atoms with van der Waals surface area (Å²) in [5.41, 5.74) is 6.57. The summed E-state index contributed by atoms with van der Waals surface area (Å²) < 4.78 is 4.55. The van der Waals surface area contributed by atoms with E-state index in [1.54, 1.807) is 6.20 Å². The summed E-state index contributed by atoms with van der Waals surface area (Å²) in [7, 11) is 1.39. The van der Waals surface area contributed by atoms with Crippen LogP contribution < -0.4 is 5.73 Å². The fourth-order valence-electron chi connectivity index (χ4n) is 1.04.